The summed E-state index contributed by atoms with van der Waals surface area (Å²) in [5.74, 6) is -0.0237. The average molecular weight is 512 g/mol. The van der Waals surface area contributed by atoms with E-state index in [-0.39, 0.29) is 11.0 Å². The number of halogens is 1. The summed E-state index contributed by atoms with van der Waals surface area (Å²) in [6, 6.07) is 10.9. The molecule has 0 aromatic carbocycles. The lowest BCUT2D eigenvalue weighted by Crippen LogP contribution is -2.11. The van der Waals surface area contributed by atoms with Gasteiger partial charge in [-0.1, -0.05) is 13.3 Å². The summed E-state index contributed by atoms with van der Waals surface area (Å²) in [6.45, 7) is 2.05. The standard InChI is InChI=1S/C27H22FN7OS/c1-2-3-4-24(36)32-17-9-15(12-29-14-17)16-10-19-25(34-35-27(19)31-13-16)21-11-18-20(33-21)7-8-30-26(18)22-5-6-23(28)37-22/h5-14,33H,2-4H2,1H3,(H,32,36)(H,31,34,35). The highest BCUT2D eigenvalue weighted by atomic mass is 32.1. The lowest BCUT2D eigenvalue weighted by Gasteiger charge is -2.07. The molecule has 0 saturated heterocycles. The number of amides is 1. The summed E-state index contributed by atoms with van der Waals surface area (Å²) in [7, 11) is 0. The van der Waals surface area contributed by atoms with Gasteiger partial charge in [0.15, 0.2) is 10.8 Å². The second-order valence-corrected chi connectivity index (χ2v) is 9.75. The van der Waals surface area contributed by atoms with Crippen molar-refractivity contribution >= 4 is 44.9 Å². The summed E-state index contributed by atoms with van der Waals surface area (Å²) < 4.78 is 13.7. The lowest BCUT2D eigenvalue weighted by molar-refractivity contribution is -0.116. The number of carbonyl (C=O) groups excluding carboxylic acids is 1. The van der Waals surface area contributed by atoms with Crippen LogP contribution in [0.3, 0.4) is 0 Å². The van der Waals surface area contributed by atoms with E-state index in [2.05, 4.69) is 42.4 Å². The van der Waals surface area contributed by atoms with Crippen molar-refractivity contribution in [3.8, 4) is 33.1 Å². The van der Waals surface area contributed by atoms with Gasteiger partial charge in [0.1, 0.15) is 5.69 Å². The van der Waals surface area contributed by atoms with Crippen LogP contribution in [0, 0.1) is 5.13 Å². The van der Waals surface area contributed by atoms with Crippen LogP contribution in [0.25, 0.3) is 55.0 Å². The van der Waals surface area contributed by atoms with Crippen LogP contribution < -0.4 is 5.32 Å². The third-order valence-electron chi connectivity index (χ3n) is 6.14. The minimum absolute atomic E-state index is 0.0237. The quantitative estimate of drug-likeness (QED) is 0.225. The lowest BCUT2D eigenvalue weighted by atomic mass is 10.1. The monoisotopic (exact) mass is 511 g/mol. The summed E-state index contributed by atoms with van der Waals surface area (Å²) in [5, 5.41) is 11.9. The third-order valence-corrected chi connectivity index (χ3v) is 7.02. The molecule has 0 fully saturated rings. The van der Waals surface area contributed by atoms with Crippen LogP contribution in [0.2, 0.25) is 0 Å². The molecule has 0 aliphatic heterocycles. The molecule has 0 unspecified atom stereocenters. The number of aromatic amines is 2. The molecule has 0 radical (unpaired) electrons. The number of carbonyl (C=O) groups is 1. The third kappa shape index (κ3) is 4.47. The molecule has 184 valence electrons. The minimum Gasteiger partial charge on any atom is -0.353 e. The number of hydrogen-bond acceptors (Lipinski definition) is 6. The summed E-state index contributed by atoms with van der Waals surface area (Å²) in [4.78, 5) is 29.7. The van der Waals surface area contributed by atoms with Gasteiger partial charge < -0.3 is 10.3 Å². The number of pyridine rings is 3. The first-order valence-corrected chi connectivity index (χ1v) is 12.7. The Morgan fingerprint density at radius 3 is 2.76 bits per heavy atom. The summed E-state index contributed by atoms with van der Waals surface area (Å²) in [6.07, 6.45) is 9.13. The van der Waals surface area contributed by atoms with Crippen LogP contribution in [0.5, 0.6) is 0 Å². The molecule has 6 aromatic rings. The number of fused-ring (bicyclic) bond motifs is 2. The minimum atomic E-state index is -0.249. The fraction of sp³-hybridized carbons (Fsp3) is 0.148. The smallest absolute Gasteiger partial charge is 0.224 e. The van der Waals surface area contributed by atoms with Crippen LogP contribution in [0.15, 0.2) is 61.2 Å². The van der Waals surface area contributed by atoms with E-state index in [1.165, 1.54) is 6.07 Å². The van der Waals surface area contributed by atoms with Gasteiger partial charge in [-0.2, -0.15) is 9.49 Å². The van der Waals surface area contributed by atoms with E-state index in [9.17, 15) is 9.18 Å². The molecule has 37 heavy (non-hydrogen) atoms. The van der Waals surface area contributed by atoms with E-state index in [0.717, 1.165) is 67.9 Å². The molecule has 0 aliphatic carbocycles. The molecule has 6 rings (SSSR count). The fourth-order valence-corrected chi connectivity index (χ4v) is 5.05. The predicted octanol–water partition coefficient (Wildman–Crippen LogP) is 6.56. The second kappa shape index (κ2) is 9.55. The van der Waals surface area contributed by atoms with Gasteiger partial charge in [0.2, 0.25) is 5.91 Å². The van der Waals surface area contributed by atoms with Crippen molar-refractivity contribution in [1.29, 1.82) is 0 Å². The Balaban J connectivity index is 1.37. The molecular weight excluding hydrogens is 489 g/mol. The van der Waals surface area contributed by atoms with Gasteiger partial charge in [-0.25, -0.2) is 4.98 Å². The number of unbranched alkanes of at least 4 members (excludes halogenated alkanes) is 1. The zero-order valence-electron chi connectivity index (χ0n) is 19.9. The van der Waals surface area contributed by atoms with Crippen LogP contribution in [-0.4, -0.2) is 36.0 Å². The van der Waals surface area contributed by atoms with Crippen LogP contribution in [-0.2, 0) is 4.79 Å². The molecule has 0 saturated carbocycles. The van der Waals surface area contributed by atoms with Crippen molar-refractivity contribution in [2.24, 2.45) is 0 Å². The Hall–Kier alpha value is -4.44. The Morgan fingerprint density at radius 2 is 1.92 bits per heavy atom. The number of nitrogens with zero attached hydrogens (tertiary/aromatic N) is 4. The van der Waals surface area contributed by atoms with Gasteiger partial charge in [0.25, 0.3) is 0 Å². The Bertz CT molecular complexity index is 1750. The number of thiophene rings is 1. The molecule has 0 atom stereocenters. The molecule has 8 nitrogen and oxygen atoms in total. The number of nitrogens with one attached hydrogen (secondary N) is 3. The molecular formula is C27H22FN7OS. The van der Waals surface area contributed by atoms with Crippen LogP contribution in [0.1, 0.15) is 26.2 Å². The van der Waals surface area contributed by atoms with Gasteiger partial charge in [-0.3, -0.25) is 19.9 Å². The number of aromatic nitrogens is 6. The highest BCUT2D eigenvalue weighted by Gasteiger charge is 2.16. The zero-order valence-corrected chi connectivity index (χ0v) is 20.7. The highest BCUT2D eigenvalue weighted by molar-refractivity contribution is 7.13. The van der Waals surface area contributed by atoms with Gasteiger partial charge in [-0.05, 0) is 42.8 Å². The van der Waals surface area contributed by atoms with E-state index in [1.807, 2.05) is 24.3 Å². The van der Waals surface area contributed by atoms with Crippen molar-refractivity contribution in [3.05, 3.63) is 66.3 Å². The summed E-state index contributed by atoms with van der Waals surface area (Å²) in [5.41, 5.74) is 6.07. The topological polar surface area (TPSA) is 112 Å². The predicted molar refractivity (Wildman–Crippen MR) is 144 cm³/mol. The fourth-order valence-electron chi connectivity index (χ4n) is 4.31. The zero-order chi connectivity index (χ0) is 25.4. The first-order chi connectivity index (χ1) is 18.1. The van der Waals surface area contributed by atoms with Gasteiger partial charge in [0.05, 0.1) is 28.1 Å². The van der Waals surface area contributed by atoms with Gasteiger partial charge in [0, 0.05) is 52.4 Å². The molecule has 1 amide bonds. The number of rotatable bonds is 7. The van der Waals surface area contributed by atoms with Crippen molar-refractivity contribution < 1.29 is 9.18 Å². The molecule has 0 bridgehead atoms. The maximum Gasteiger partial charge on any atom is 0.224 e. The first-order valence-electron chi connectivity index (χ1n) is 11.9. The highest BCUT2D eigenvalue weighted by Crippen LogP contribution is 2.35. The molecule has 10 heteroatoms. The number of hydrogen-bond donors (Lipinski definition) is 3. The molecule has 6 heterocycles. The maximum absolute atomic E-state index is 13.7. The molecule has 0 spiro atoms. The Kier molecular flexibility index (Phi) is 5.93. The summed E-state index contributed by atoms with van der Waals surface area (Å²) >= 11 is 1.07. The maximum atomic E-state index is 13.7. The van der Waals surface area contributed by atoms with E-state index in [1.54, 1.807) is 30.9 Å². The molecule has 0 aliphatic rings. The molecule has 3 N–H and O–H groups in total. The SMILES string of the molecule is CCCCC(=O)Nc1cncc(-c2cnc3[nH]nc(-c4cc5c(-c6ccc(F)s6)nccc5[nH]4)c3c2)c1. The second-order valence-electron chi connectivity index (χ2n) is 8.71. The normalized spacial score (nSPS) is 11.4. The van der Waals surface area contributed by atoms with Crippen molar-refractivity contribution in [1.82, 2.24) is 30.1 Å². The van der Waals surface area contributed by atoms with E-state index >= 15 is 0 Å². The van der Waals surface area contributed by atoms with Crippen LogP contribution >= 0.6 is 11.3 Å². The Labute approximate surface area is 215 Å². The largest absolute Gasteiger partial charge is 0.353 e. The number of anilines is 1. The van der Waals surface area contributed by atoms with Crippen molar-refractivity contribution in [2.45, 2.75) is 26.2 Å². The van der Waals surface area contributed by atoms with E-state index in [0.29, 0.717) is 23.4 Å². The molecule has 6 aromatic heterocycles. The first kappa shape index (κ1) is 23.0. The van der Waals surface area contributed by atoms with Crippen molar-refractivity contribution in [3.63, 3.8) is 0 Å². The van der Waals surface area contributed by atoms with Crippen molar-refractivity contribution in [2.75, 3.05) is 5.32 Å². The number of H-pyrrole nitrogens is 2. The van der Waals surface area contributed by atoms with Gasteiger partial charge in [-0.15, -0.1) is 11.3 Å². The van der Waals surface area contributed by atoms with Gasteiger partial charge >= 0.3 is 0 Å². The average Bonchev–Trinajstić information content (AvgIpc) is 3.64. The Morgan fingerprint density at radius 1 is 1.03 bits per heavy atom. The van der Waals surface area contributed by atoms with E-state index < -0.39 is 0 Å². The van der Waals surface area contributed by atoms with E-state index in [4.69, 9.17) is 0 Å². The van der Waals surface area contributed by atoms with Crippen LogP contribution in [0.4, 0.5) is 10.1 Å².